The van der Waals surface area contributed by atoms with Gasteiger partial charge in [-0.1, -0.05) is 53.5 Å². The standard InChI is InChI=1S/C29H45NO11/c1-8-18(4)16-36-27(33)40-24-12-11-22(14-25(24)41-28(34)37-17-19(5)9-2)13-23(26(31)32)30-15-21(7)39-29(35)38-20(6)10-3/h11-12,14,18-21,23,30H,8-10,13,15-17H2,1-7H3,(H,31,32)/t18?,19?,20?,21?,23-/m0/s1. The van der Waals surface area contributed by atoms with Crippen LogP contribution in [0.15, 0.2) is 18.2 Å². The van der Waals surface area contributed by atoms with Gasteiger partial charge in [-0.15, -0.1) is 0 Å². The molecular weight excluding hydrogens is 538 g/mol. The molecule has 2 N–H and O–H groups in total. The van der Waals surface area contributed by atoms with Crippen LogP contribution in [0.2, 0.25) is 0 Å². The van der Waals surface area contributed by atoms with Gasteiger partial charge in [0.1, 0.15) is 18.2 Å². The molecule has 1 aromatic carbocycles. The van der Waals surface area contributed by atoms with Crippen LogP contribution in [0.5, 0.6) is 11.5 Å². The van der Waals surface area contributed by atoms with Crippen LogP contribution in [0.25, 0.3) is 0 Å². The zero-order valence-electron chi connectivity index (χ0n) is 25.1. The summed E-state index contributed by atoms with van der Waals surface area (Å²) in [6.07, 6.45) is -1.55. The molecule has 0 aliphatic carbocycles. The highest BCUT2D eigenvalue weighted by Gasteiger charge is 2.23. The molecule has 232 valence electrons. The summed E-state index contributed by atoms with van der Waals surface area (Å²) < 4.78 is 31.1. The van der Waals surface area contributed by atoms with Gasteiger partial charge in [-0.3, -0.25) is 4.79 Å². The first-order valence-corrected chi connectivity index (χ1v) is 14.0. The Morgan fingerprint density at radius 1 is 0.756 bits per heavy atom. The van der Waals surface area contributed by atoms with Crippen LogP contribution < -0.4 is 14.8 Å². The highest BCUT2D eigenvalue weighted by molar-refractivity contribution is 5.74. The number of benzene rings is 1. The van der Waals surface area contributed by atoms with E-state index in [-0.39, 0.29) is 55.6 Å². The SMILES string of the molecule is CCC(C)COC(=O)Oc1ccc(C[C@H](NCC(C)OC(=O)OC(C)CC)C(=O)O)cc1OC(=O)OCC(C)CC. The second-order valence-electron chi connectivity index (χ2n) is 10.2. The fourth-order valence-electron chi connectivity index (χ4n) is 3.01. The van der Waals surface area contributed by atoms with Gasteiger partial charge in [0.15, 0.2) is 11.5 Å². The van der Waals surface area contributed by atoms with Crippen molar-refractivity contribution in [2.24, 2.45) is 11.8 Å². The van der Waals surface area contributed by atoms with E-state index in [4.69, 9.17) is 28.4 Å². The lowest BCUT2D eigenvalue weighted by molar-refractivity contribution is -0.139. The zero-order chi connectivity index (χ0) is 30.9. The third kappa shape index (κ3) is 14.6. The number of rotatable bonds is 17. The average Bonchev–Trinajstić information content (AvgIpc) is 2.93. The molecule has 4 unspecified atom stereocenters. The summed E-state index contributed by atoms with van der Waals surface area (Å²) in [5, 5.41) is 12.6. The highest BCUT2D eigenvalue weighted by Crippen LogP contribution is 2.30. The molecule has 0 fully saturated rings. The van der Waals surface area contributed by atoms with Crippen LogP contribution in [0.4, 0.5) is 14.4 Å². The maximum atomic E-state index is 12.3. The quantitative estimate of drug-likeness (QED) is 0.130. The van der Waals surface area contributed by atoms with Crippen LogP contribution in [0.1, 0.15) is 73.3 Å². The number of carbonyl (C=O) groups excluding carboxylic acids is 3. The van der Waals surface area contributed by atoms with Crippen molar-refractivity contribution in [3.63, 3.8) is 0 Å². The van der Waals surface area contributed by atoms with Gasteiger partial charge in [0.2, 0.25) is 0 Å². The Kier molecular flexibility index (Phi) is 16.2. The molecule has 0 bridgehead atoms. The van der Waals surface area contributed by atoms with Gasteiger partial charge >= 0.3 is 24.4 Å². The molecule has 0 aromatic heterocycles. The van der Waals surface area contributed by atoms with Crippen molar-refractivity contribution < 1.29 is 52.7 Å². The van der Waals surface area contributed by atoms with E-state index in [1.807, 2.05) is 34.6 Å². The van der Waals surface area contributed by atoms with Gasteiger partial charge in [-0.25, -0.2) is 14.4 Å². The maximum absolute atomic E-state index is 12.3. The number of hydrogen-bond acceptors (Lipinski definition) is 11. The van der Waals surface area contributed by atoms with Crippen molar-refractivity contribution in [3.05, 3.63) is 23.8 Å². The van der Waals surface area contributed by atoms with Crippen molar-refractivity contribution in [3.8, 4) is 11.5 Å². The lowest BCUT2D eigenvalue weighted by Gasteiger charge is -2.20. The smallest absolute Gasteiger partial charge is 0.480 e. The van der Waals surface area contributed by atoms with Gasteiger partial charge in [-0.2, -0.15) is 0 Å². The van der Waals surface area contributed by atoms with E-state index in [1.165, 1.54) is 18.2 Å². The summed E-state index contributed by atoms with van der Waals surface area (Å²) in [5.74, 6) is -1.12. The van der Waals surface area contributed by atoms with Gasteiger partial charge in [0.25, 0.3) is 0 Å². The van der Waals surface area contributed by atoms with E-state index in [0.717, 1.165) is 12.8 Å². The van der Waals surface area contributed by atoms with E-state index in [1.54, 1.807) is 13.8 Å². The monoisotopic (exact) mass is 583 g/mol. The van der Waals surface area contributed by atoms with Crippen molar-refractivity contribution in [1.29, 1.82) is 0 Å². The molecule has 0 saturated heterocycles. The van der Waals surface area contributed by atoms with E-state index in [9.17, 15) is 24.3 Å². The predicted octanol–water partition coefficient (Wildman–Crippen LogP) is 5.74. The first-order chi connectivity index (χ1) is 19.4. The van der Waals surface area contributed by atoms with Crippen LogP contribution in [0.3, 0.4) is 0 Å². The summed E-state index contributed by atoms with van der Waals surface area (Å²) in [4.78, 5) is 48.3. The van der Waals surface area contributed by atoms with Crippen molar-refractivity contribution in [2.45, 2.75) is 92.4 Å². The Hall–Kier alpha value is -3.54. The molecule has 0 amide bonds. The first-order valence-electron chi connectivity index (χ1n) is 14.0. The largest absolute Gasteiger partial charge is 0.513 e. The van der Waals surface area contributed by atoms with E-state index in [2.05, 4.69) is 5.32 Å². The summed E-state index contributed by atoms with van der Waals surface area (Å²) in [5.41, 5.74) is 0.458. The zero-order valence-corrected chi connectivity index (χ0v) is 25.1. The minimum absolute atomic E-state index is 0.0314. The van der Waals surface area contributed by atoms with Crippen LogP contribution in [0, 0.1) is 11.8 Å². The Bertz CT molecular complexity index is 984. The number of nitrogens with one attached hydrogen (secondary N) is 1. The minimum Gasteiger partial charge on any atom is -0.480 e. The number of aliphatic carboxylic acids is 1. The highest BCUT2D eigenvalue weighted by atomic mass is 16.7. The Labute approximate surface area is 241 Å². The third-order valence-corrected chi connectivity index (χ3v) is 6.32. The molecule has 5 atom stereocenters. The maximum Gasteiger partial charge on any atom is 0.513 e. The summed E-state index contributed by atoms with van der Waals surface area (Å²) >= 11 is 0. The molecule has 41 heavy (non-hydrogen) atoms. The molecular formula is C29H45NO11. The van der Waals surface area contributed by atoms with E-state index in [0.29, 0.717) is 12.0 Å². The van der Waals surface area contributed by atoms with E-state index >= 15 is 0 Å². The second-order valence-corrected chi connectivity index (χ2v) is 10.2. The molecule has 1 rings (SSSR count). The Balaban J connectivity index is 2.99. The fourth-order valence-corrected chi connectivity index (χ4v) is 3.01. The Morgan fingerprint density at radius 2 is 1.29 bits per heavy atom. The normalized spacial score (nSPS) is 14.5. The number of carboxylic acids is 1. The number of hydrogen-bond donors (Lipinski definition) is 2. The van der Waals surface area contributed by atoms with E-state index < -0.39 is 36.6 Å². The third-order valence-electron chi connectivity index (χ3n) is 6.32. The van der Waals surface area contributed by atoms with Gasteiger partial charge in [0.05, 0.1) is 13.2 Å². The van der Waals surface area contributed by atoms with Crippen molar-refractivity contribution >= 4 is 24.4 Å². The lowest BCUT2D eigenvalue weighted by Crippen LogP contribution is -2.42. The fraction of sp³-hybridized carbons (Fsp3) is 0.655. The topological polar surface area (TPSA) is 156 Å². The Morgan fingerprint density at radius 3 is 1.80 bits per heavy atom. The molecule has 0 aliphatic rings. The molecule has 0 heterocycles. The van der Waals surface area contributed by atoms with Gasteiger partial charge < -0.3 is 38.8 Å². The number of ether oxygens (including phenoxy) is 6. The molecule has 12 nitrogen and oxygen atoms in total. The van der Waals surface area contributed by atoms with Crippen LogP contribution in [-0.2, 0) is 30.2 Å². The van der Waals surface area contributed by atoms with Crippen molar-refractivity contribution in [1.82, 2.24) is 5.32 Å². The van der Waals surface area contributed by atoms with Gasteiger partial charge in [0, 0.05) is 6.54 Å². The lowest BCUT2D eigenvalue weighted by atomic mass is 10.0. The summed E-state index contributed by atoms with van der Waals surface area (Å²) in [6.45, 7) is 13.3. The average molecular weight is 584 g/mol. The molecule has 0 aliphatic heterocycles. The molecule has 0 spiro atoms. The summed E-state index contributed by atoms with van der Waals surface area (Å²) in [6, 6.07) is 3.23. The molecule has 1 aromatic rings. The van der Waals surface area contributed by atoms with Crippen molar-refractivity contribution in [2.75, 3.05) is 19.8 Å². The molecule has 0 saturated carbocycles. The predicted molar refractivity (Wildman–Crippen MR) is 149 cm³/mol. The minimum atomic E-state index is -1.15. The van der Waals surface area contributed by atoms with Gasteiger partial charge in [-0.05, 0) is 56.2 Å². The summed E-state index contributed by atoms with van der Waals surface area (Å²) in [7, 11) is 0. The second kappa shape index (κ2) is 18.7. The molecule has 0 radical (unpaired) electrons. The first kappa shape index (κ1) is 35.5. The number of carbonyl (C=O) groups is 4. The van der Waals surface area contributed by atoms with Crippen LogP contribution >= 0.6 is 0 Å². The number of carboxylic acid groups (broad SMARTS) is 1. The van der Waals surface area contributed by atoms with Crippen LogP contribution in [-0.4, -0.2) is 67.6 Å². The molecule has 12 heteroatoms.